The largest absolute Gasteiger partial charge is 0.371 e. The number of benzene rings is 2. The monoisotopic (exact) mass is 557 g/mol. The molecule has 1 aliphatic carbocycles. The fraction of sp³-hybridized carbons (Fsp3) is 0.548. The van der Waals surface area contributed by atoms with Gasteiger partial charge in [0, 0.05) is 52.0 Å². The molecule has 3 fully saturated rings. The number of halogens is 3. The number of hydrogen-bond acceptors (Lipinski definition) is 3. The third-order valence-corrected chi connectivity index (χ3v) is 9.58. The number of rotatable bonds is 5. The van der Waals surface area contributed by atoms with E-state index >= 15 is 0 Å². The quantitative estimate of drug-likeness (QED) is 0.434. The van der Waals surface area contributed by atoms with Crippen LogP contribution in [0.4, 0.5) is 14.5 Å². The molecule has 210 valence electrons. The lowest BCUT2D eigenvalue weighted by Gasteiger charge is -2.43. The molecule has 0 spiro atoms. The summed E-state index contributed by atoms with van der Waals surface area (Å²) >= 11 is 6.45. The van der Waals surface area contributed by atoms with E-state index in [0.29, 0.717) is 53.9 Å². The van der Waals surface area contributed by atoms with Crippen molar-refractivity contribution in [3.05, 3.63) is 64.2 Å². The zero-order chi connectivity index (χ0) is 27.7. The van der Waals surface area contributed by atoms with Crippen LogP contribution >= 0.6 is 11.6 Å². The lowest BCUT2D eigenvalue weighted by molar-refractivity contribution is -0.139. The van der Waals surface area contributed by atoms with Crippen molar-refractivity contribution in [3.8, 4) is 0 Å². The van der Waals surface area contributed by atoms with E-state index in [9.17, 15) is 18.4 Å². The summed E-state index contributed by atoms with van der Waals surface area (Å²) in [6.45, 7) is 3.30. The first-order valence-corrected chi connectivity index (χ1v) is 14.6. The van der Waals surface area contributed by atoms with Crippen molar-refractivity contribution in [2.45, 2.75) is 56.8 Å². The number of likely N-dealkylation sites (tertiary alicyclic amines) is 1. The predicted molar refractivity (Wildman–Crippen MR) is 150 cm³/mol. The van der Waals surface area contributed by atoms with E-state index in [4.69, 9.17) is 11.6 Å². The summed E-state index contributed by atoms with van der Waals surface area (Å²) in [5.74, 6) is -0.0977. The minimum absolute atomic E-state index is 0.0475. The van der Waals surface area contributed by atoms with Gasteiger partial charge in [0.25, 0.3) is 5.91 Å². The molecular weight excluding hydrogens is 520 g/mol. The minimum Gasteiger partial charge on any atom is -0.371 e. The van der Waals surface area contributed by atoms with Crippen LogP contribution in [0.2, 0.25) is 5.02 Å². The van der Waals surface area contributed by atoms with Crippen LogP contribution in [-0.2, 0) is 10.2 Å². The predicted octanol–water partition coefficient (Wildman–Crippen LogP) is 6.29. The van der Waals surface area contributed by atoms with E-state index in [2.05, 4.69) is 4.90 Å². The Labute approximate surface area is 235 Å². The third kappa shape index (κ3) is 5.65. The Morgan fingerprint density at radius 3 is 1.97 bits per heavy atom. The van der Waals surface area contributed by atoms with Gasteiger partial charge in [-0.1, -0.05) is 24.4 Å². The molecule has 0 aromatic heterocycles. The van der Waals surface area contributed by atoms with Crippen molar-refractivity contribution in [2.24, 2.45) is 11.8 Å². The molecule has 0 unspecified atom stereocenters. The second-order valence-corrected chi connectivity index (χ2v) is 12.2. The molecule has 2 aromatic carbocycles. The fourth-order valence-corrected chi connectivity index (χ4v) is 7.31. The van der Waals surface area contributed by atoms with Gasteiger partial charge >= 0.3 is 0 Å². The first-order valence-electron chi connectivity index (χ1n) is 14.2. The maximum atomic E-state index is 14.1. The summed E-state index contributed by atoms with van der Waals surface area (Å²) in [7, 11) is 3.44. The van der Waals surface area contributed by atoms with Crippen LogP contribution in [0.3, 0.4) is 0 Å². The average molecular weight is 558 g/mol. The van der Waals surface area contributed by atoms with Gasteiger partial charge in [0.15, 0.2) is 0 Å². The lowest BCUT2D eigenvalue weighted by Crippen LogP contribution is -2.49. The van der Waals surface area contributed by atoms with Gasteiger partial charge in [-0.3, -0.25) is 9.59 Å². The highest BCUT2D eigenvalue weighted by atomic mass is 35.5. The highest BCUT2D eigenvalue weighted by Gasteiger charge is 2.46. The van der Waals surface area contributed by atoms with Gasteiger partial charge in [-0.05, 0) is 86.3 Å². The Bertz CT molecular complexity index is 1190. The number of hydrogen-bond donors (Lipinski definition) is 0. The van der Waals surface area contributed by atoms with E-state index in [0.717, 1.165) is 63.4 Å². The molecule has 0 bridgehead atoms. The zero-order valence-corrected chi connectivity index (χ0v) is 23.7. The second kappa shape index (κ2) is 11.4. The number of anilines is 1. The van der Waals surface area contributed by atoms with E-state index in [1.807, 2.05) is 23.1 Å². The van der Waals surface area contributed by atoms with Gasteiger partial charge in [-0.2, -0.15) is 0 Å². The Balaban J connectivity index is 1.17. The van der Waals surface area contributed by atoms with Crippen molar-refractivity contribution >= 4 is 29.1 Å². The van der Waals surface area contributed by atoms with E-state index < -0.39 is 17.0 Å². The molecule has 1 saturated carbocycles. The molecule has 2 amide bonds. The molecule has 2 aromatic rings. The molecule has 2 heterocycles. The van der Waals surface area contributed by atoms with Crippen LogP contribution in [0.25, 0.3) is 0 Å². The molecule has 5 rings (SSSR count). The van der Waals surface area contributed by atoms with Crippen molar-refractivity contribution < 1.29 is 18.4 Å². The molecule has 39 heavy (non-hydrogen) atoms. The molecule has 2 saturated heterocycles. The Hall–Kier alpha value is -2.67. The maximum Gasteiger partial charge on any atom is 0.254 e. The molecule has 0 radical (unpaired) electrons. The molecular formula is C31H38ClF2N3O2. The van der Waals surface area contributed by atoms with Crippen molar-refractivity contribution in [1.29, 1.82) is 0 Å². The Morgan fingerprint density at radius 2 is 1.44 bits per heavy atom. The van der Waals surface area contributed by atoms with Gasteiger partial charge in [0.05, 0.1) is 16.0 Å². The van der Waals surface area contributed by atoms with E-state index in [1.165, 1.54) is 17.0 Å². The summed E-state index contributed by atoms with van der Waals surface area (Å²) in [6.07, 6.45) is 7.22. The van der Waals surface area contributed by atoms with Crippen LogP contribution in [0.15, 0.2) is 36.4 Å². The average Bonchev–Trinajstić information content (AvgIpc) is 3.43. The molecule has 5 nitrogen and oxygen atoms in total. The van der Waals surface area contributed by atoms with Gasteiger partial charge in [0.1, 0.15) is 11.6 Å². The highest BCUT2D eigenvalue weighted by molar-refractivity contribution is 6.34. The first-order chi connectivity index (χ1) is 18.7. The normalized spacial score (nSPS) is 20.3. The van der Waals surface area contributed by atoms with Crippen molar-refractivity contribution in [1.82, 2.24) is 9.80 Å². The van der Waals surface area contributed by atoms with Gasteiger partial charge in [-0.15, -0.1) is 0 Å². The topological polar surface area (TPSA) is 43.9 Å². The molecule has 3 aliphatic rings. The molecule has 2 aliphatic heterocycles. The molecule has 0 N–H and O–H groups in total. The van der Waals surface area contributed by atoms with E-state index in [-0.39, 0.29) is 11.8 Å². The SMILES string of the molecule is CN(C)C(=O)c1ccc(N2CCC(C3CCN(C(=O)C4(c5cc(F)cc(F)c5)CCCC4)CC3)CC2)cc1Cl. The van der Waals surface area contributed by atoms with E-state index in [1.54, 1.807) is 14.1 Å². The van der Waals surface area contributed by atoms with Gasteiger partial charge in [0.2, 0.25) is 5.91 Å². The van der Waals surface area contributed by atoms with Crippen molar-refractivity contribution in [2.75, 3.05) is 45.2 Å². The zero-order valence-electron chi connectivity index (χ0n) is 22.9. The fourth-order valence-electron chi connectivity index (χ4n) is 7.06. The summed E-state index contributed by atoms with van der Waals surface area (Å²) < 4.78 is 28.1. The molecule has 8 heteroatoms. The highest BCUT2D eigenvalue weighted by Crippen LogP contribution is 2.44. The van der Waals surface area contributed by atoms with Crippen LogP contribution < -0.4 is 4.90 Å². The number of carbonyl (C=O) groups excluding carboxylic acids is 2. The first kappa shape index (κ1) is 27.9. The van der Waals surface area contributed by atoms with Crippen LogP contribution in [0, 0.1) is 23.5 Å². The second-order valence-electron chi connectivity index (χ2n) is 11.8. The van der Waals surface area contributed by atoms with Crippen LogP contribution in [0.1, 0.15) is 67.3 Å². The Kier molecular flexibility index (Phi) is 8.18. The number of carbonyl (C=O) groups is 2. The third-order valence-electron chi connectivity index (χ3n) is 9.27. The smallest absolute Gasteiger partial charge is 0.254 e. The minimum atomic E-state index is -0.797. The van der Waals surface area contributed by atoms with Gasteiger partial charge in [-0.25, -0.2) is 8.78 Å². The summed E-state index contributed by atoms with van der Waals surface area (Å²) in [5, 5.41) is 0.478. The molecule has 0 atom stereocenters. The number of amides is 2. The standard InChI is InChI=1S/C31H38ClF2N3O2/c1-35(2)29(38)27-6-5-26(20-28(27)32)36-13-7-21(8-14-36)22-9-15-37(16-10-22)30(39)31(11-3-4-12-31)23-17-24(33)19-25(34)18-23/h5-6,17-22H,3-4,7-16H2,1-2H3. The van der Waals surface area contributed by atoms with Crippen LogP contribution in [-0.4, -0.2) is 61.9 Å². The maximum absolute atomic E-state index is 14.1. The summed E-state index contributed by atoms with van der Waals surface area (Å²) in [5.41, 5.74) is 1.26. The Morgan fingerprint density at radius 1 is 0.872 bits per heavy atom. The lowest BCUT2D eigenvalue weighted by atomic mass is 9.75. The summed E-state index contributed by atoms with van der Waals surface area (Å²) in [6, 6.07) is 9.28. The van der Waals surface area contributed by atoms with Crippen molar-refractivity contribution in [3.63, 3.8) is 0 Å². The summed E-state index contributed by atoms with van der Waals surface area (Å²) in [4.78, 5) is 31.9. The van der Waals surface area contributed by atoms with Crippen LogP contribution in [0.5, 0.6) is 0 Å². The number of piperidine rings is 2. The number of nitrogens with zero attached hydrogens (tertiary/aromatic N) is 3. The van der Waals surface area contributed by atoms with Gasteiger partial charge < -0.3 is 14.7 Å².